The Hall–Kier alpha value is -3.51. The van der Waals surface area contributed by atoms with Crippen LogP contribution in [0.25, 0.3) is 41.7 Å². The molecule has 0 aliphatic carbocycles. The molecule has 5 rings (SSSR count). The minimum Gasteiger partial charge on any atom is -0.463 e. The molecule has 6 heteroatoms. The van der Waals surface area contributed by atoms with E-state index in [0.717, 1.165) is 51.6 Å². The van der Waals surface area contributed by atoms with Gasteiger partial charge in [-0.1, -0.05) is 37.3 Å². The maximum atomic E-state index is 13.3. The summed E-state index contributed by atoms with van der Waals surface area (Å²) < 4.78 is 8.61. The Morgan fingerprint density at radius 3 is 2.30 bits per heavy atom. The molecule has 0 N–H and O–H groups in total. The van der Waals surface area contributed by atoms with Gasteiger partial charge in [0.15, 0.2) is 0 Å². The van der Waals surface area contributed by atoms with E-state index >= 15 is 0 Å². The Bertz CT molecular complexity index is 1600. The monoisotopic (exact) mass is 457 g/mol. The van der Waals surface area contributed by atoms with Crippen molar-refractivity contribution < 1.29 is 9.53 Å². The van der Waals surface area contributed by atoms with E-state index in [1.807, 2.05) is 36.4 Å². The molecule has 0 aliphatic rings. The lowest BCUT2D eigenvalue weighted by atomic mass is 9.97. The number of carbonyl (C=O) groups is 1. The number of nitrogens with zero attached hydrogens (tertiary/aromatic N) is 1. The summed E-state index contributed by atoms with van der Waals surface area (Å²) in [7, 11) is 0. The van der Waals surface area contributed by atoms with Gasteiger partial charge in [-0.25, -0.2) is 4.79 Å². The molecular weight excluding hydrogens is 434 g/mol. The van der Waals surface area contributed by atoms with Gasteiger partial charge in [-0.15, -0.1) is 11.3 Å². The fourth-order valence-electron chi connectivity index (χ4n) is 4.57. The summed E-state index contributed by atoms with van der Waals surface area (Å²) in [6.07, 6.45) is 4.31. The van der Waals surface area contributed by atoms with Crippen LogP contribution >= 0.6 is 11.3 Å². The summed E-state index contributed by atoms with van der Waals surface area (Å²) in [6.45, 7) is 4.10. The van der Waals surface area contributed by atoms with Crippen molar-refractivity contribution in [2.24, 2.45) is 0 Å². The highest BCUT2D eigenvalue weighted by Crippen LogP contribution is 2.39. The van der Waals surface area contributed by atoms with E-state index in [0.29, 0.717) is 30.3 Å². The molecule has 5 nitrogen and oxygen atoms in total. The van der Waals surface area contributed by atoms with E-state index in [9.17, 15) is 14.4 Å². The number of rotatable bonds is 8. The Balaban J connectivity index is 1.48. The second kappa shape index (κ2) is 8.79. The quantitative estimate of drug-likeness (QED) is 0.0999. The fraction of sp³-hybridized carbons (Fsp3) is 0.222. The van der Waals surface area contributed by atoms with Crippen molar-refractivity contribution in [3.8, 4) is 0 Å². The van der Waals surface area contributed by atoms with Crippen molar-refractivity contribution in [1.82, 2.24) is 4.57 Å². The lowest BCUT2D eigenvalue weighted by Crippen LogP contribution is -2.33. The Kier molecular flexibility index (Phi) is 5.68. The highest BCUT2D eigenvalue weighted by Gasteiger charge is 2.17. The number of unbranched alkanes of at least 4 members (excludes halogenated alkanes) is 3. The summed E-state index contributed by atoms with van der Waals surface area (Å²) in [4.78, 5) is 37.6. The number of benzene rings is 3. The Labute approximate surface area is 193 Å². The molecule has 3 aromatic carbocycles. The van der Waals surface area contributed by atoms with Crippen molar-refractivity contribution in [2.75, 3.05) is 6.61 Å². The topological polar surface area (TPSA) is 65.4 Å². The van der Waals surface area contributed by atoms with Gasteiger partial charge in [0.05, 0.1) is 6.61 Å². The summed E-state index contributed by atoms with van der Waals surface area (Å²) in [5, 5.41) is 5.19. The summed E-state index contributed by atoms with van der Waals surface area (Å²) >= 11 is 1.68. The Morgan fingerprint density at radius 1 is 0.818 bits per heavy atom. The number of pyridine rings is 1. The smallest absolute Gasteiger partial charge is 0.330 e. The first-order chi connectivity index (χ1) is 16.1. The molecule has 0 bridgehead atoms. The molecule has 0 fully saturated rings. The number of esters is 1. The van der Waals surface area contributed by atoms with Crippen LogP contribution in [0.2, 0.25) is 0 Å². The van der Waals surface area contributed by atoms with Crippen LogP contribution in [-0.4, -0.2) is 17.1 Å². The zero-order valence-corrected chi connectivity index (χ0v) is 19.0. The molecule has 0 spiro atoms. The third-order valence-corrected chi connectivity index (χ3v) is 7.29. The zero-order valence-electron chi connectivity index (χ0n) is 18.1. The van der Waals surface area contributed by atoms with E-state index in [2.05, 4.69) is 18.7 Å². The molecule has 0 amide bonds. The van der Waals surface area contributed by atoms with Crippen LogP contribution in [0.1, 0.15) is 25.7 Å². The standard InChI is InChI=1S/C27H23NO4S/c1-2-23(29)32-16-8-4-3-7-15-28-26(30)19-12-11-18-17-9-5-6-10-21(17)33-22-14-13-20(27(28)31)24(19)25(18)22/h2,5-6,9-14H,1,3-4,7-8,15-16H2. The average molecular weight is 458 g/mol. The predicted octanol–water partition coefficient (Wildman–Crippen LogP) is 5.61. The fourth-order valence-corrected chi connectivity index (χ4v) is 5.69. The van der Waals surface area contributed by atoms with Crippen molar-refractivity contribution >= 4 is 59.0 Å². The van der Waals surface area contributed by atoms with Crippen molar-refractivity contribution in [2.45, 2.75) is 32.2 Å². The van der Waals surface area contributed by atoms with E-state index < -0.39 is 5.97 Å². The second-order valence-electron chi connectivity index (χ2n) is 8.17. The van der Waals surface area contributed by atoms with Crippen molar-refractivity contribution in [3.05, 3.63) is 81.9 Å². The van der Waals surface area contributed by atoms with Gasteiger partial charge in [-0.3, -0.25) is 14.2 Å². The van der Waals surface area contributed by atoms with Gasteiger partial charge in [0.1, 0.15) is 0 Å². The largest absolute Gasteiger partial charge is 0.463 e. The molecule has 0 atom stereocenters. The van der Waals surface area contributed by atoms with Crippen molar-refractivity contribution in [1.29, 1.82) is 0 Å². The third kappa shape index (κ3) is 3.70. The molecule has 0 saturated carbocycles. The maximum absolute atomic E-state index is 13.3. The van der Waals surface area contributed by atoms with Gasteiger partial charge in [-0.05, 0) is 54.3 Å². The predicted molar refractivity (Wildman–Crippen MR) is 136 cm³/mol. The summed E-state index contributed by atoms with van der Waals surface area (Å²) in [5.41, 5.74) is -0.444. The minimum atomic E-state index is -0.416. The molecule has 166 valence electrons. The van der Waals surface area contributed by atoms with E-state index in [1.54, 1.807) is 11.3 Å². The molecule has 2 aromatic heterocycles. The van der Waals surface area contributed by atoms with Crippen LogP contribution in [0.3, 0.4) is 0 Å². The molecule has 33 heavy (non-hydrogen) atoms. The SMILES string of the molecule is C=CC(=O)OCCCCCCn1c(=O)c2ccc3sc4ccccc4c4ccc(c1=O)c2c34. The molecule has 0 radical (unpaired) electrons. The molecule has 0 aliphatic heterocycles. The number of aromatic nitrogens is 1. The number of carbonyl (C=O) groups excluding carboxylic acids is 1. The molecule has 0 unspecified atom stereocenters. The van der Waals surface area contributed by atoms with Crippen molar-refractivity contribution in [3.63, 3.8) is 0 Å². The second-order valence-corrected chi connectivity index (χ2v) is 9.25. The van der Waals surface area contributed by atoms with Crippen LogP contribution in [0.15, 0.2) is 70.8 Å². The minimum absolute atomic E-state index is 0.222. The van der Waals surface area contributed by atoms with E-state index in [4.69, 9.17) is 4.74 Å². The zero-order chi connectivity index (χ0) is 22.9. The first-order valence-electron chi connectivity index (χ1n) is 11.1. The Morgan fingerprint density at radius 2 is 1.52 bits per heavy atom. The molecular formula is C27H23NO4S. The normalized spacial score (nSPS) is 11.6. The first kappa shape index (κ1) is 21.3. The third-order valence-electron chi connectivity index (χ3n) is 6.16. The van der Waals surface area contributed by atoms with Gasteiger partial charge in [-0.2, -0.15) is 0 Å². The van der Waals surface area contributed by atoms with E-state index in [1.165, 1.54) is 9.27 Å². The number of hydrogen-bond donors (Lipinski definition) is 0. The van der Waals surface area contributed by atoms with Gasteiger partial charge in [0.25, 0.3) is 11.1 Å². The van der Waals surface area contributed by atoms with Gasteiger partial charge in [0, 0.05) is 43.6 Å². The van der Waals surface area contributed by atoms with Crippen LogP contribution in [0.4, 0.5) is 0 Å². The number of ether oxygens (including phenoxy) is 1. The van der Waals surface area contributed by atoms with Gasteiger partial charge >= 0.3 is 5.97 Å². The molecule has 0 saturated heterocycles. The number of fused-ring (bicyclic) bond motifs is 2. The lowest BCUT2D eigenvalue weighted by molar-refractivity contribution is -0.137. The van der Waals surface area contributed by atoms with Crippen LogP contribution in [0.5, 0.6) is 0 Å². The van der Waals surface area contributed by atoms with E-state index in [-0.39, 0.29) is 11.1 Å². The highest BCUT2D eigenvalue weighted by molar-refractivity contribution is 7.25. The van der Waals surface area contributed by atoms with Gasteiger partial charge in [0.2, 0.25) is 0 Å². The van der Waals surface area contributed by atoms with Crippen LogP contribution < -0.4 is 11.1 Å². The maximum Gasteiger partial charge on any atom is 0.330 e. The lowest BCUT2D eigenvalue weighted by Gasteiger charge is -2.14. The summed E-state index contributed by atoms with van der Waals surface area (Å²) in [6, 6.07) is 16.0. The molecule has 2 heterocycles. The molecule has 5 aromatic rings. The first-order valence-corrected chi connectivity index (χ1v) is 11.9. The van der Waals surface area contributed by atoms with Gasteiger partial charge < -0.3 is 4.74 Å². The highest BCUT2D eigenvalue weighted by atomic mass is 32.1. The summed E-state index contributed by atoms with van der Waals surface area (Å²) in [5.74, 6) is -0.416. The van der Waals surface area contributed by atoms with Crippen LogP contribution in [-0.2, 0) is 16.1 Å². The van der Waals surface area contributed by atoms with Crippen LogP contribution in [0, 0.1) is 0 Å². The number of hydrogen-bond acceptors (Lipinski definition) is 5. The average Bonchev–Trinajstić information content (AvgIpc) is 2.84.